The first-order valence-electron chi connectivity index (χ1n) is 9.39. The fourth-order valence-electron chi connectivity index (χ4n) is 3.57. The maximum absolute atomic E-state index is 5.12. The van der Waals surface area contributed by atoms with Gasteiger partial charge in [-0.1, -0.05) is 6.42 Å². The van der Waals surface area contributed by atoms with E-state index in [2.05, 4.69) is 30.6 Å². The minimum absolute atomic E-state index is 0.325. The third kappa shape index (κ3) is 5.15. The van der Waals surface area contributed by atoms with E-state index >= 15 is 0 Å². The Morgan fingerprint density at radius 1 is 1.32 bits per heavy atom. The summed E-state index contributed by atoms with van der Waals surface area (Å²) in [5.41, 5.74) is 0. The highest BCUT2D eigenvalue weighted by Gasteiger charge is 2.22. The average molecular weight is 349 g/mol. The van der Waals surface area contributed by atoms with Crippen molar-refractivity contribution in [1.82, 2.24) is 30.3 Å². The van der Waals surface area contributed by atoms with Gasteiger partial charge < -0.3 is 20.3 Å². The number of methoxy groups -OCH3 is 1. The Hall–Kier alpha value is -1.67. The van der Waals surface area contributed by atoms with Crippen LogP contribution < -0.4 is 10.6 Å². The molecular formula is C17H31N7O. The Balaban J connectivity index is 1.43. The molecule has 1 atom stereocenters. The quantitative estimate of drug-likeness (QED) is 0.571. The van der Waals surface area contributed by atoms with Gasteiger partial charge in [-0.25, -0.2) is 9.67 Å². The van der Waals surface area contributed by atoms with Crippen molar-refractivity contribution in [1.29, 1.82) is 0 Å². The summed E-state index contributed by atoms with van der Waals surface area (Å²) in [5, 5.41) is 11.5. The summed E-state index contributed by atoms with van der Waals surface area (Å²) in [5.74, 6) is 2.70. The number of hydrogen-bond donors (Lipinski definition) is 2. The normalized spacial score (nSPS) is 21.8. The van der Waals surface area contributed by atoms with Gasteiger partial charge in [-0.3, -0.25) is 4.99 Å². The fraction of sp³-hybridized carbons (Fsp3) is 0.824. The molecule has 3 heterocycles. The molecule has 1 saturated heterocycles. The smallest absolute Gasteiger partial charge is 0.191 e. The van der Waals surface area contributed by atoms with Crippen LogP contribution in [0, 0.1) is 0 Å². The van der Waals surface area contributed by atoms with Gasteiger partial charge in [0.1, 0.15) is 12.4 Å². The molecule has 2 aliphatic heterocycles. The summed E-state index contributed by atoms with van der Waals surface area (Å²) in [6.07, 6.45) is 6.02. The van der Waals surface area contributed by atoms with E-state index in [0.29, 0.717) is 12.6 Å². The first kappa shape index (κ1) is 18.1. The molecule has 140 valence electrons. The van der Waals surface area contributed by atoms with Crippen LogP contribution in [0.4, 0.5) is 0 Å². The molecular weight excluding hydrogens is 318 g/mol. The monoisotopic (exact) mass is 349 g/mol. The predicted molar refractivity (Wildman–Crippen MR) is 97.6 cm³/mol. The van der Waals surface area contributed by atoms with E-state index in [1.165, 1.54) is 32.4 Å². The molecule has 8 nitrogen and oxygen atoms in total. The third-order valence-corrected chi connectivity index (χ3v) is 4.91. The maximum atomic E-state index is 5.12. The van der Waals surface area contributed by atoms with Crippen molar-refractivity contribution in [3.05, 3.63) is 11.6 Å². The number of fused-ring (bicyclic) bond motifs is 1. The first-order chi connectivity index (χ1) is 12.3. The Kier molecular flexibility index (Phi) is 6.63. The van der Waals surface area contributed by atoms with Gasteiger partial charge in [0.05, 0.1) is 6.54 Å². The molecule has 1 aromatic rings. The molecule has 0 radical (unpaired) electrons. The summed E-state index contributed by atoms with van der Waals surface area (Å²) in [6.45, 7) is 5.76. The molecule has 3 rings (SSSR count). The van der Waals surface area contributed by atoms with Crippen LogP contribution in [0.15, 0.2) is 4.99 Å². The minimum Gasteiger partial charge on any atom is -0.377 e. The van der Waals surface area contributed by atoms with E-state index in [0.717, 1.165) is 50.1 Å². The van der Waals surface area contributed by atoms with Crippen LogP contribution in [0.25, 0.3) is 0 Å². The van der Waals surface area contributed by atoms with Crippen LogP contribution in [0.3, 0.4) is 0 Å². The fourth-order valence-corrected chi connectivity index (χ4v) is 3.57. The number of guanidine groups is 1. The summed E-state index contributed by atoms with van der Waals surface area (Å²) in [7, 11) is 3.50. The number of hydrogen-bond acceptors (Lipinski definition) is 5. The third-order valence-electron chi connectivity index (χ3n) is 4.91. The minimum atomic E-state index is 0.325. The van der Waals surface area contributed by atoms with Crippen molar-refractivity contribution in [3.8, 4) is 0 Å². The lowest BCUT2D eigenvalue weighted by Crippen LogP contribution is -2.48. The number of aromatic nitrogens is 3. The van der Waals surface area contributed by atoms with Crippen molar-refractivity contribution in [3.63, 3.8) is 0 Å². The molecule has 2 aliphatic rings. The van der Waals surface area contributed by atoms with Crippen LogP contribution in [0.1, 0.15) is 37.3 Å². The van der Waals surface area contributed by atoms with E-state index in [1.807, 2.05) is 11.7 Å². The molecule has 0 spiro atoms. The number of piperidine rings is 1. The van der Waals surface area contributed by atoms with Crippen molar-refractivity contribution in [2.24, 2.45) is 4.99 Å². The molecule has 2 N–H and O–H groups in total. The van der Waals surface area contributed by atoms with E-state index in [-0.39, 0.29) is 0 Å². The second-order valence-corrected chi connectivity index (χ2v) is 6.84. The summed E-state index contributed by atoms with van der Waals surface area (Å²) in [4.78, 5) is 11.4. The zero-order chi connectivity index (χ0) is 17.5. The highest BCUT2D eigenvalue weighted by atomic mass is 16.5. The molecule has 0 bridgehead atoms. The van der Waals surface area contributed by atoms with E-state index < -0.39 is 0 Å². The topological polar surface area (TPSA) is 79.6 Å². The van der Waals surface area contributed by atoms with Gasteiger partial charge in [0, 0.05) is 39.7 Å². The number of nitrogens with one attached hydrogen (secondary N) is 2. The van der Waals surface area contributed by atoms with Crippen LogP contribution >= 0.6 is 0 Å². The van der Waals surface area contributed by atoms with Crippen molar-refractivity contribution < 1.29 is 4.74 Å². The van der Waals surface area contributed by atoms with Crippen molar-refractivity contribution in [2.45, 2.75) is 51.3 Å². The lowest BCUT2D eigenvalue weighted by atomic mass is 10.1. The molecule has 8 heteroatoms. The van der Waals surface area contributed by atoms with Crippen molar-refractivity contribution >= 4 is 5.96 Å². The van der Waals surface area contributed by atoms with Gasteiger partial charge >= 0.3 is 0 Å². The van der Waals surface area contributed by atoms with Gasteiger partial charge in [0.25, 0.3) is 0 Å². The largest absolute Gasteiger partial charge is 0.377 e. The Morgan fingerprint density at radius 2 is 2.16 bits per heavy atom. The number of rotatable bonds is 6. The van der Waals surface area contributed by atoms with Crippen LogP contribution in [0.2, 0.25) is 0 Å². The van der Waals surface area contributed by atoms with E-state index in [9.17, 15) is 0 Å². The van der Waals surface area contributed by atoms with Gasteiger partial charge in [-0.2, -0.15) is 5.10 Å². The molecule has 0 aliphatic carbocycles. The second-order valence-electron chi connectivity index (χ2n) is 6.84. The zero-order valence-corrected chi connectivity index (χ0v) is 15.5. The number of ether oxygens (including phenoxy) is 1. The Bertz CT molecular complexity index is 565. The van der Waals surface area contributed by atoms with Gasteiger partial charge in [0.2, 0.25) is 0 Å². The first-order valence-corrected chi connectivity index (χ1v) is 9.39. The molecule has 1 unspecified atom stereocenters. The van der Waals surface area contributed by atoms with Crippen LogP contribution in [-0.2, 0) is 24.3 Å². The van der Waals surface area contributed by atoms with Crippen LogP contribution in [0.5, 0.6) is 0 Å². The summed E-state index contributed by atoms with van der Waals surface area (Å²) in [6, 6.07) is 0.325. The number of likely N-dealkylation sites (tertiary alicyclic amines) is 1. The molecule has 0 amide bonds. The lowest BCUT2D eigenvalue weighted by molar-refractivity contribution is 0.177. The highest BCUT2D eigenvalue weighted by Crippen LogP contribution is 2.13. The molecule has 1 fully saturated rings. The Morgan fingerprint density at radius 3 is 2.92 bits per heavy atom. The molecule has 0 aromatic carbocycles. The van der Waals surface area contributed by atoms with Gasteiger partial charge in [-0.05, 0) is 32.4 Å². The predicted octanol–water partition coefficient (Wildman–Crippen LogP) is 0.390. The van der Waals surface area contributed by atoms with Gasteiger partial charge in [0.15, 0.2) is 11.8 Å². The average Bonchev–Trinajstić information content (AvgIpc) is 3.03. The van der Waals surface area contributed by atoms with Crippen LogP contribution in [-0.4, -0.2) is 72.0 Å². The number of aryl methyl sites for hydroxylation is 1. The SMILES string of the molecule is CN=C(NCCN1CCCCC1)NC1CCc2nc(COC)nn2C1. The number of nitrogens with zero attached hydrogens (tertiary/aromatic N) is 5. The van der Waals surface area contributed by atoms with Gasteiger partial charge in [-0.15, -0.1) is 0 Å². The Labute approximate surface area is 150 Å². The van der Waals surface area contributed by atoms with E-state index in [4.69, 9.17) is 4.74 Å². The molecule has 25 heavy (non-hydrogen) atoms. The second kappa shape index (κ2) is 9.15. The van der Waals surface area contributed by atoms with E-state index in [1.54, 1.807) is 7.11 Å². The summed E-state index contributed by atoms with van der Waals surface area (Å²) >= 11 is 0. The summed E-state index contributed by atoms with van der Waals surface area (Å²) < 4.78 is 7.12. The highest BCUT2D eigenvalue weighted by molar-refractivity contribution is 5.79. The lowest BCUT2D eigenvalue weighted by Gasteiger charge is -2.28. The maximum Gasteiger partial charge on any atom is 0.191 e. The molecule has 0 saturated carbocycles. The molecule has 1 aromatic heterocycles. The number of aliphatic imine (C=N–C) groups is 1. The van der Waals surface area contributed by atoms with Crippen molar-refractivity contribution in [2.75, 3.05) is 40.3 Å². The standard InChI is InChI=1S/C17H31N7O/c1-18-17(19-8-11-23-9-4-3-5-10-23)20-14-6-7-16-21-15(13-25-2)22-24(16)12-14/h14H,3-13H2,1-2H3,(H2,18,19,20). The zero-order valence-electron chi connectivity index (χ0n) is 15.5.